The van der Waals surface area contributed by atoms with E-state index in [1.54, 1.807) is 11.0 Å². The van der Waals surface area contributed by atoms with Gasteiger partial charge in [-0.15, -0.1) is 0 Å². The lowest BCUT2D eigenvalue weighted by Gasteiger charge is -2.17. The summed E-state index contributed by atoms with van der Waals surface area (Å²) >= 11 is 5.88. The second-order valence-electron chi connectivity index (χ2n) is 5.68. The van der Waals surface area contributed by atoms with Gasteiger partial charge in [-0.05, 0) is 42.9 Å². The molecule has 3 rings (SSSR count). The molecule has 0 bridgehead atoms. The van der Waals surface area contributed by atoms with E-state index in [1.165, 1.54) is 12.8 Å². The van der Waals surface area contributed by atoms with Crippen LogP contribution < -0.4 is 4.74 Å². The number of carbonyl (C=O) groups excluding carboxylic acids is 1. The smallest absolute Gasteiger partial charge is 0.226 e. The first-order chi connectivity index (χ1) is 9.11. The highest BCUT2D eigenvalue weighted by molar-refractivity contribution is 6.30. The quantitative estimate of drug-likeness (QED) is 0.829. The van der Waals surface area contributed by atoms with Crippen molar-refractivity contribution in [2.75, 3.05) is 20.2 Å². The summed E-state index contributed by atoms with van der Waals surface area (Å²) in [5.41, 5.74) is 0.430. The maximum absolute atomic E-state index is 12.1. The zero-order chi connectivity index (χ0) is 13.5. The Kier molecular flexibility index (Phi) is 3.17. The number of hydrogen-bond donors (Lipinski definition) is 0. The Labute approximate surface area is 118 Å². The van der Waals surface area contributed by atoms with Crippen LogP contribution in [0.25, 0.3) is 0 Å². The van der Waals surface area contributed by atoms with Crippen LogP contribution in [0.2, 0.25) is 5.02 Å². The van der Waals surface area contributed by atoms with Gasteiger partial charge in [0.2, 0.25) is 5.91 Å². The van der Waals surface area contributed by atoms with Gasteiger partial charge in [0.05, 0.1) is 6.54 Å². The molecule has 0 aromatic heterocycles. The minimum absolute atomic E-state index is 0.284. The molecule has 1 aromatic carbocycles. The summed E-state index contributed by atoms with van der Waals surface area (Å²) in [5, 5.41) is 0.663. The van der Waals surface area contributed by atoms with Gasteiger partial charge >= 0.3 is 0 Å². The van der Waals surface area contributed by atoms with Crippen molar-refractivity contribution in [3.05, 3.63) is 29.3 Å². The molecular formula is C15H18ClNO2. The number of carbonyl (C=O) groups is 1. The molecule has 0 heterocycles. The number of nitrogens with zero attached hydrogens (tertiary/aromatic N) is 1. The van der Waals surface area contributed by atoms with Crippen molar-refractivity contribution in [2.24, 2.45) is 11.3 Å². The standard InChI is InChI=1S/C15H18ClNO2/c1-17(14(18)13-10-15(13)5-6-15)7-8-19-12-4-2-3-11(16)9-12/h2-4,9,13H,5-8,10H2,1H3. The molecule has 19 heavy (non-hydrogen) atoms. The number of ether oxygens (including phenoxy) is 1. The highest BCUT2D eigenvalue weighted by Gasteiger charge is 2.66. The van der Waals surface area contributed by atoms with Gasteiger partial charge in [0, 0.05) is 18.0 Å². The Hall–Kier alpha value is -1.22. The van der Waals surface area contributed by atoms with E-state index in [-0.39, 0.29) is 5.91 Å². The molecule has 1 unspecified atom stereocenters. The summed E-state index contributed by atoms with van der Waals surface area (Å²) < 4.78 is 5.60. The SMILES string of the molecule is CN(CCOc1cccc(Cl)c1)C(=O)C1CC12CC2. The van der Waals surface area contributed by atoms with Crippen LogP contribution in [-0.4, -0.2) is 31.0 Å². The fourth-order valence-electron chi connectivity index (χ4n) is 2.64. The average molecular weight is 280 g/mol. The third-order valence-corrected chi connectivity index (χ3v) is 4.48. The van der Waals surface area contributed by atoms with Gasteiger partial charge in [-0.1, -0.05) is 17.7 Å². The molecule has 1 amide bonds. The molecule has 2 aliphatic rings. The lowest BCUT2D eigenvalue weighted by atomic mass is 10.2. The van der Waals surface area contributed by atoms with E-state index in [2.05, 4.69) is 0 Å². The second kappa shape index (κ2) is 4.71. The van der Waals surface area contributed by atoms with Gasteiger partial charge < -0.3 is 9.64 Å². The molecule has 1 spiro atoms. The fraction of sp³-hybridized carbons (Fsp3) is 0.533. The lowest BCUT2D eigenvalue weighted by molar-refractivity contribution is -0.132. The van der Waals surface area contributed by atoms with Crippen molar-refractivity contribution in [1.82, 2.24) is 4.90 Å². The molecule has 2 aliphatic carbocycles. The van der Waals surface area contributed by atoms with Crippen LogP contribution >= 0.6 is 11.6 Å². The lowest BCUT2D eigenvalue weighted by Crippen LogP contribution is -2.32. The van der Waals surface area contributed by atoms with E-state index in [0.29, 0.717) is 29.5 Å². The van der Waals surface area contributed by atoms with E-state index in [0.717, 1.165) is 12.2 Å². The maximum Gasteiger partial charge on any atom is 0.226 e. The molecule has 2 fully saturated rings. The van der Waals surface area contributed by atoms with Gasteiger partial charge in [0.1, 0.15) is 12.4 Å². The summed E-state index contributed by atoms with van der Waals surface area (Å²) in [6.45, 7) is 1.13. The number of amides is 1. The molecule has 1 atom stereocenters. The van der Waals surface area contributed by atoms with Gasteiger partial charge in [-0.2, -0.15) is 0 Å². The van der Waals surface area contributed by atoms with Crippen LogP contribution in [0.15, 0.2) is 24.3 Å². The van der Waals surface area contributed by atoms with E-state index in [4.69, 9.17) is 16.3 Å². The van der Waals surface area contributed by atoms with Gasteiger partial charge in [0.15, 0.2) is 0 Å². The maximum atomic E-state index is 12.1. The Bertz CT molecular complexity index is 499. The Morgan fingerprint density at radius 2 is 2.32 bits per heavy atom. The molecule has 0 N–H and O–H groups in total. The van der Waals surface area contributed by atoms with Crippen molar-refractivity contribution in [3.8, 4) is 5.75 Å². The van der Waals surface area contributed by atoms with E-state index < -0.39 is 0 Å². The Morgan fingerprint density at radius 1 is 1.53 bits per heavy atom. The largest absolute Gasteiger partial charge is 0.492 e. The molecule has 102 valence electrons. The first-order valence-electron chi connectivity index (χ1n) is 6.74. The van der Waals surface area contributed by atoms with Gasteiger partial charge in [0.25, 0.3) is 0 Å². The third-order valence-electron chi connectivity index (χ3n) is 4.25. The zero-order valence-corrected chi connectivity index (χ0v) is 11.8. The van der Waals surface area contributed by atoms with E-state index in [9.17, 15) is 4.79 Å². The van der Waals surface area contributed by atoms with Gasteiger partial charge in [-0.3, -0.25) is 4.79 Å². The molecule has 2 saturated carbocycles. The summed E-state index contributed by atoms with van der Waals surface area (Å²) in [4.78, 5) is 13.9. The molecule has 3 nitrogen and oxygen atoms in total. The molecule has 0 aliphatic heterocycles. The molecule has 0 radical (unpaired) electrons. The first-order valence-corrected chi connectivity index (χ1v) is 7.12. The number of halogens is 1. The minimum atomic E-state index is 0.284. The van der Waals surface area contributed by atoms with Crippen LogP contribution in [0.1, 0.15) is 19.3 Å². The molecule has 4 heteroatoms. The molecule has 1 aromatic rings. The first kappa shape index (κ1) is 12.8. The number of rotatable bonds is 5. The van der Waals surface area contributed by atoms with Crippen LogP contribution in [0, 0.1) is 11.3 Å². The number of hydrogen-bond acceptors (Lipinski definition) is 2. The summed E-state index contributed by atoms with van der Waals surface area (Å²) in [5.74, 6) is 1.33. The zero-order valence-electron chi connectivity index (χ0n) is 11.1. The van der Waals surface area contributed by atoms with Crippen molar-refractivity contribution in [2.45, 2.75) is 19.3 Å². The predicted octanol–water partition coefficient (Wildman–Crippen LogP) is 2.98. The average Bonchev–Trinajstić information content (AvgIpc) is 3.29. The molecule has 0 saturated heterocycles. The third kappa shape index (κ3) is 2.71. The van der Waals surface area contributed by atoms with Crippen molar-refractivity contribution < 1.29 is 9.53 Å². The van der Waals surface area contributed by atoms with Crippen LogP contribution in [-0.2, 0) is 4.79 Å². The summed E-state index contributed by atoms with van der Waals surface area (Å²) in [7, 11) is 1.86. The normalized spacial score (nSPS) is 22.1. The van der Waals surface area contributed by atoms with Crippen molar-refractivity contribution >= 4 is 17.5 Å². The van der Waals surface area contributed by atoms with E-state index in [1.807, 2.05) is 25.2 Å². The van der Waals surface area contributed by atoms with Crippen molar-refractivity contribution in [1.29, 1.82) is 0 Å². The highest BCUT2D eigenvalue weighted by atomic mass is 35.5. The number of likely N-dealkylation sites (N-methyl/N-ethyl adjacent to an activating group) is 1. The number of benzene rings is 1. The predicted molar refractivity (Wildman–Crippen MR) is 74.4 cm³/mol. The van der Waals surface area contributed by atoms with Crippen LogP contribution in [0.4, 0.5) is 0 Å². The molecular weight excluding hydrogens is 262 g/mol. The second-order valence-corrected chi connectivity index (χ2v) is 6.12. The summed E-state index contributed by atoms with van der Waals surface area (Å²) in [6, 6.07) is 7.32. The van der Waals surface area contributed by atoms with Crippen LogP contribution in [0.3, 0.4) is 0 Å². The minimum Gasteiger partial charge on any atom is -0.492 e. The topological polar surface area (TPSA) is 29.5 Å². The summed E-state index contributed by atoms with van der Waals surface area (Å²) in [6.07, 6.45) is 3.60. The van der Waals surface area contributed by atoms with Gasteiger partial charge in [-0.25, -0.2) is 0 Å². The van der Waals surface area contributed by atoms with E-state index >= 15 is 0 Å². The Balaban J connectivity index is 1.43. The highest BCUT2D eigenvalue weighted by Crippen LogP contribution is 2.70. The fourth-order valence-corrected chi connectivity index (χ4v) is 2.82. The Morgan fingerprint density at radius 3 is 2.95 bits per heavy atom. The monoisotopic (exact) mass is 279 g/mol. The van der Waals surface area contributed by atoms with Crippen LogP contribution in [0.5, 0.6) is 5.75 Å². The van der Waals surface area contributed by atoms with Crippen molar-refractivity contribution in [3.63, 3.8) is 0 Å².